The largest absolute Gasteiger partial charge is 0.508 e. The van der Waals surface area contributed by atoms with Crippen LogP contribution in [-0.2, 0) is 0 Å². The maximum Gasteiger partial charge on any atom is 0.165 e. The number of phenols is 1. The number of benzene rings is 1. The molecule has 0 unspecified atom stereocenters. The van der Waals surface area contributed by atoms with Crippen LogP contribution >= 0.6 is 0 Å². The quantitative estimate of drug-likeness (QED) is 0.662. The Morgan fingerprint density at radius 3 is 2.65 bits per heavy atom. The summed E-state index contributed by atoms with van der Waals surface area (Å²) in [6.45, 7) is 0. The summed E-state index contributed by atoms with van der Waals surface area (Å²) >= 11 is 0. The van der Waals surface area contributed by atoms with E-state index in [0.29, 0.717) is 11.5 Å². The predicted octanol–water partition coefficient (Wildman–Crippen LogP) is 1.68. The Labute approximate surface area is 97.1 Å². The van der Waals surface area contributed by atoms with E-state index < -0.39 is 0 Å². The highest BCUT2D eigenvalue weighted by Crippen LogP contribution is 2.25. The molecular formula is C12H10N4O. The van der Waals surface area contributed by atoms with Gasteiger partial charge in [0.15, 0.2) is 5.65 Å². The molecule has 5 heteroatoms. The fraction of sp³-hybridized carbons (Fsp3) is 0. The summed E-state index contributed by atoms with van der Waals surface area (Å²) < 4.78 is 1.59. The normalized spacial score (nSPS) is 10.8. The van der Waals surface area contributed by atoms with Crippen molar-refractivity contribution in [2.45, 2.75) is 0 Å². The van der Waals surface area contributed by atoms with Gasteiger partial charge in [0.05, 0.1) is 6.20 Å². The van der Waals surface area contributed by atoms with Crippen LogP contribution < -0.4 is 5.73 Å². The Kier molecular flexibility index (Phi) is 1.98. The van der Waals surface area contributed by atoms with E-state index in [-0.39, 0.29) is 5.75 Å². The molecule has 3 aromatic rings. The average Bonchev–Trinajstić information content (AvgIpc) is 2.75. The van der Waals surface area contributed by atoms with Crippen LogP contribution in [0.25, 0.3) is 16.8 Å². The molecule has 3 rings (SSSR count). The summed E-state index contributed by atoms with van der Waals surface area (Å²) in [5.41, 5.74) is 8.32. The average molecular weight is 226 g/mol. The summed E-state index contributed by atoms with van der Waals surface area (Å²) in [4.78, 5) is 4.26. The van der Waals surface area contributed by atoms with Crippen LogP contribution in [0.3, 0.4) is 0 Å². The molecular weight excluding hydrogens is 216 g/mol. The molecule has 84 valence electrons. The lowest BCUT2D eigenvalue weighted by molar-refractivity contribution is 0.475. The lowest BCUT2D eigenvalue weighted by Crippen LogP contribution is -1.98. The number of aromatic nitrogens is 3. The number of nitrogen functional groups attached to an aromatic ring is 1. The number of phenolic OH excluding ortho intramolecular Hbond substituents is 1. The summed E-state index contributed by atoms with van der Waals surface area (Å²) in [5, 5.41) is 13.4. The third kappa shape index (κ3) is 1.48. The van der Waals surface area contributed by atoms with Crippen molar-refractivity contribution in [3.63, 3.8) is 0 Å². The van der Waals surface area contributed by atoms with E-state index in [4.69, 9.17) is 5.73 Å². The van der Waals surface area contributed by atoms with Crippen LogP contribution in [0.5, 0.6) is 5.75 Å². The minimum absolute atomic E-state index is 0.234. The Morgan fingerprint density at radius 2 is 1.88 bits per heavy atom. The second-order valence-corrected chi connectivity index (χ2v) is 3.71. The minimum atomic E-state index is 0.234. The van der Waals surface area contributed by atoms with Gasteiger partial charge in [0.25, 0.3) is 0 Å². The fourth-order valence-electron chi connectivity index (χ4n) is 1.75. The second-order valence-electron chi connectivity index (χ2n) is 3.71. The fourth-order valence-corrected chi connectivity index (χ4v) is 1.75. The molecule has 5 nitrogen and oxygen atoms in total. The van der Waals surface area contributed by atoms with Gasteiger partial charge in [-0.05, 0) is 23.8 Å². The smallest absolute Gasteiger partial charge is 0.165 e. The van der Waals surface area contributed by atoms with Gasteiger partial charge in [0.1, 0.15) is 11.6 Å². The molecule has 0 atom stereocenters. The van der Waals surface area contributed by atoms with Crippen LogP contribution in [0, 0.1) is 0 Å². The maximum atomic E-state index is 9.26. The minimum Gasteiger partial charge on any atom is -0.508 e. The van der Waals surface area contributed by atoms with Gasteiger partial charge in [-0.3, -0.25) is 0 Å². The van der Waals surface area contributed by atoms with Crippen LogP contribution in [0.4, 0.5) is 5.82 Å². The van der Waals surface area contributed by atoms with Crippen LogP contribution in [0.1, 0.15) is 0 Å². The number of anilines is 1. The van der Waals surface area contributed by atoms with Gasteiger partial charge in [0, 0.05) is 11.8 Å². The van der Waals surface area contributed by atoms with Crippen molar-refractivity contribution in [2.24, 2.45) is 0 Å². The Hall–Kier alpha value is -2.56. The number of rotatable bonds is 1. The molecule has 3 N–H and O–H groups in total. The van der Waals surface area contributed by atoms with Gasteiger partial charge in [-0.15, -0.1) is 0 Å². The van der Waals surface area contributed by atoms with Crippen LogP contribution in [0.15, 0.2) is 42.7 Å². The van der Waals surface area contributed by atoms with Crippen molar-refractivity contribution in [2.75, 3.05) is 5.73 Å². The number of hydrogen-bond acceptors (Lipinski definition) is 4. The van der Waals surface area contributed by atoms with Crippen molar-refractivity contribution in [1.82, 2.24) is 14.6 Å². The molecule has 0 saturated carbocycles. The second kappa shape index (κ2) is 3.48. The Bertz CT molecular complexity index is 673. The SMILES string of the molecule is Nc1ccnc2c(-c3ccc(O)cc3)cnn12. The third-order valence-electron chi connectivity index (χ3n) is 2.61. The van der Waals surface area contributed by atoms with E-state index in [1.54, 1.807) is 35.1 Å². The first-order chi connectivity index (χ1) is 8.25. The highest BCUT2D eigenvalue weighted by Gasteiger charge is 2.08. The van der Waals surface area contributed by atoms with E-state index in [9.17, 15) is 5.11 Å². The zero-order valence-electron chi connectivity index (χ0n) is 8.91. The van der Waals surface area contributed by atoms with Crippen molar-refractivity contribution >= 4 is 11.5 Å². The number of hydrogen-bond donors (Lipinski definition) is 2. The molecule has 0 fully saturated rings. The lowest BCUT2D eigenvalue weighted by atomic mass is 10.1. The molecule has 0 spiro atoms. The van der Waals surface area contributed by atoms with E-state index in [0.717, 1.165) is 11.1 Å². The lowest BCUT2D eigenvalue weighted by Gasteiger charge is -2.00. The number of nitrogens with zero attached hydrogens (tertiary/aromatic N) is 3. The molecule has 0 bridgehead atoms. The maximum absolute atomic E-state index is 9.26. The summed E-state index contributed by atoms with van der Waals surface area (Å²) in [6.07, 6.45) is 3.36. The van der Waals surface area contributed by atoms with Gasteiger partial charge >= 0.3 is 0 Å². The summed E-state index contributed by atoms with van der Waals surface area (Å²) in [6, 6.07) is 8.59. The highest BCUT2D eigenvalue weighted by molar-refractivity contribution is 5.77. The van der Waals surface area contributed by atoms with E-state index in [1.807, 2.05) is 12.1 Å². The van der Waals surface area contributed by atoms with Crippen LogP contribution in [0.2, 0.25) is 0 Å². The predicted molar refractivity (Wildman–Crippen MR) is 64.5 cm³/mol. The zero-order chi connectivity index (χ0) is 11.8. The molecule has 0 radical (unpaired) electrons. The van der Waals surface area contributed by atoms with Gasteiger partial charge in [-0.1, -0.05) is 12.1 Å². The zero-order valence-corrected chi connectivity index (χ0v) is 8.91. The molecule has 0 aliphatic rings. The van der Waals surface area contributed by atoms with E-state index >= 15 is 0 Å². The van der Waals surface area contributed by atoms with Crippen LogP contribution in [-0.4, -0.2) is 19.7 Å². The molecule has 17 heavy (non-hydrogen) atoms. The Morgan fingerprint density at radius 1 is 1.12 bits per heavy atom. The van der Waals surface area contributed by atoms with E-state index in [1.165, 1.54) is 0 Å². The van der Waals surface area contributed by atoms with Gasteiger partial charge in [-0.2, -0.15) is 9.61 Å². The first kappa shape index (κ1) is 9.65. The standard InChI is InChI=1S/C12H10N4O/c13-11-5-6-14-12-10(7-15-16(11)12)8-1-3-9(17)4-2-8/h1-7,17H,13H2. The molecule has 0 saturated heterocycles. The summed E-state index contributed by atoms with van der Waals surface area (Å²) in [7, 11) is 0. The third-order valence-corrected chi connectivity index (χ3v) is 2.61. The van der Waals surface area contributed by atoms with Crippen molar-refractivity contribution < 1.29 is 5.11 Å². The van der Waals surface area contributed by atoms with Gasteiger partial charge in [-0.25, -0.2) is 4.98 Å². The molecule has 0 aliphatic heterocycles. The van der Waals surface area contributed by atoms with E-state index in [2.05, 4.69) is 10.1 Å². The van der Waals surface area contributed by atoms with Gasteiger partial charge < -0.3 is 10.8 Å². The van der Waals surface area contributed by atoms with Crippen molar-refractivity contribution in [1.29, 1.82) is 0 Å². The highest BCUT2D eigenvalue weighted by atomic mass is 16.3. The Balaban J connectivity index is 2.24. The number of fused-ring (bicyclic) bond motifs is 1. The molecule has 0 amide bonds. The molecule has 2 heterocycles. The number of aromatic hydroxyl groups is 1. The monoisotopic (exact) mass is 226 g/mol. The molecule has 1 aromatic carbocycles. The molecule has 0 aliphatic carbocycles. The van der Waals surface area contributed by atoms with Crippen molar-refractivity contribution in [3.05, 3.63) is 42.7 Å². The topological polar surface area (TPSA) is 76.4 Å². The summed E-state index contributed by atoms with van der Waals surface area (Å²) in [5.74, 6) is 0.776. The van der Waals surface area contributed by atoms with Crippen molar-refractivity contribution in [3.8, 4) is 16.9 Å². The number of nitrogens with two attached hydrogens (primary N) is 1. The first-order valence-corrected chi connectivity index (χ1v) is 5.13. The first-order valence-electron chi connectivity index (χ1n) is 5.13. The molecule has 2 aromatic heterocycles. The van der Waals surface area contributed by atoms with Gasteiger partial charge in [0.2, 0.25) is 0 Å².